The highest BCUT2D eigenvalue weighted by atomic mass is 35.5. The maximum Gasteiger partial charge on any atom is 0.0471 e. The van der Waals surface area contributed by atoms with Crippen LogP contribution in [0.2, 0.25) is 5.02 Å². The van der Waals surface area contributed by atoms with Gasteiger partial charge in [0.15, 0.2) is 0 Å². The number of hydrogen-bond acceptors (Lipinski definition) is 2. The predicted molar refractivity (Wildman–Crippen MR) is 98.2 cm³/mol. The molecule has 0 saturated heterocycles. The van der Waals surface area contributed by atoms with E-state index in [0.717, 1.165) is 24.5 Å². The van der Waals surface area contributed by atoms with Crippen LogP contribution in [0.1, 0.15) is 71.4 Å². The summed E-state index contributed by atoms with van der Waals surface area (Å²) in [6.07, 6.45) is 2.33. The molecule has 0 amide bonds. The van der Waals surface area contributed by atoms with E-state index in [-0.39, 0.29) is 5.54 Å². The molecule has 2 nitrogen and oxygen atoms in total. The lowest BCUT2D eigenvalue weighted by Gasteiger charge is -2.50. The first-order valence-electron chi connectivity index (χ1n) is 8.60. The third-order valence-electron chi connectivity index (χ3n) is 4.70. The van der Waals surface area contributed by atoms with Crippen molar-refractivity contribution < 1.29 is 0 Å². The zero-order chi connectivity index (χ0) is 16.5. The second-order valence-corrected chi connectivity index (χ2v) is 7.97. The number of hydrogen-bond donors (Lipinski definition) is 1. The topological polar surface area (TPSA) is 15.3 Å². The zero-order valence-electron chi connectivity index (χ0n) is 15.0. The Morgan fingerprint density at radius 3 is 2.64 bits per heavy atom. The first-order valence-corrected chi connectivity index (χ1v) is 8.98. The van der Waals surface area contributed by atoms with Gasteiger partial charge in [-0.2, -0.15) is 0 Å². The van der Waals surface area contributed by atoms with E-state index in [4.69, 9.17) is 11.6 Å². The molecule has 1 heterocycles. The van der Waals surface area contributed by atoms with Gasteiger partial charge in [0.05, 0.1) is 0 Å². The summed E-state index contributed by atoms with van der Waals surface area (Å²) in [4.78, 5) is 2.54. The van der Waals surface area contributed by atoms with Crippen LogP contribution >= 0.6 is 11.6 Å². The fraction of sp³-hybridized carbons (Fsp3) is 0.684. The monoisotopic (exact) mass is 322 g/mol. The molecule has 1 aromatic carbocycles. The second-order valence-electron chi connectivity index (χ2n) is 7.56. The van der Waals surface area contributed by atoms with Crippen molar-refractivity contribution in [2.24, 2.45) is 0 Å². The molecule has 0 radical (unpaired) electrons. The first-order chi connectivity index (χ1) is 10.3. The van der Waals surface area contributed by atoms with Gasteiger partial charge < -0.3 is 10.2 Å². The number of rotatable bonds is 5. The molecule has 124 valence electrons. The number of nitrogens with zero attached hydrogens (tertiary/aromatic N) is 1. The van der Waals surface area contributed by atoms with Crippen LogP contribution in [0.5, 0.6) is 0 Å². The van der Waals surface area contributed by atoms with Crippen molar-refractivity contribution >= 4 is 17.3 Å². The third kappa shape index (κ3) is 3.44. The van der Waals surface area contributed by atoms with Gasteiger partial charge in [0.1, 0.15) is 0 Å². The normalized spacial score (nSPS) is 20.4. The fourth-order valence-electron chi connectivity index (χ4n) is 4.03. The smallest absolute Gasteiger partial charge is 0.0471 e. The van der Waals surface area contributed by atoms with Crippen LogP contribution in [0, 0.1) is 0 Å². The highest BCUT2D eigenvalue weighted by Gasteiger charge is 2.38. The minimum absolute atomic E-state index is 0.173. The Bertz CT molecular complexity index is 522. The number of anilines is 1. The molecule has 1 N–H and O–H groups in total. The van der Waals surface area contributed by atoms with E-state index in [1.165, 1.54) is 23.2 Å². The summed E-state index contributed by atoms with van der Waals surface area (Å²) in [5.74, 6) is 0.571. The minimum atomic E-state index is 0.173. The van der Waals surface area contributed by atoms with E-state index in [9.17, 15) is 0 Å². The highest BCUT2D eigenvalue weighted by molar-refractivity contribution is 6.31. The molecule has 0 spiro atoms. The molecule has 0 saturated carbocycles. The van der Waals surface area contributed by atoms with Crippen molar-refractivity contribution in [3.63, 3.8) is 0 Å². The maximum absolute atomic E-state index is 6.58. The van der Waals surface area contributed by atoms with Crippen LogP contribution in [0.4, 0.5) is 5.69 Å². The van der Waals surface area contributed by atoms with Crippen molar-refractivity contribution in [3.8, 4) is 0 Å². The van der Waals surface area contributed by atoms with Crippen molar-refractivity contribution in [2.45, 2.75) is 78.4 Å². The summed E-state index contributed by atoms with van der Waals surface area (Å²) in [6.45, 7) is 15.7. The number of fused-ring (bicyclic) bond motifs is 1. The molecule has 0 fully saturated rings. The molecule has 1 unspecified atom stereocenters. The van der Waals surface area contributed by atoms with Gasteiger partial charge >= 0.3 is 0 Å². The van der Waals surface area contributed by atoms with E-state index < -0.39 is 0 Å². The van der Waals surface area contributed by atoms with Gasteiger partial charge in [-0.1, -0.05) is 31.5 Å². The summed E-state index contributed by atoms with van der Waals surface area (Å²) in [7, 11) is 0. The van der Waals surface area contributed by atoms with Crippen LogP contribution in [0.3, 0.4) is 0 Å². The SMILES string of the molecule is CCCNCc1cc2c(cc1Cl)N(C(C)C)C(C)(C)CC2C. The van der Waals surface area contributed by atoms with E-state index in [0.29, 0.717) is 12.0 Å². The van der Waals surface area contributed by atoms with E-state index >= 15 is 0 Å². The standard InChI is InChI=1S/C19H31ClN2/c1-7-8-21-12-15-9-16-14(4)11-19(5,6)22(13(2)3)18(16)10-17(15)20/h9-10,13-14,21H,7-8,11-12H2,1-6H3. The molecule has 1 aromatic rings. The molecule has 1 aliphatic rings. The zero-order valence-corrected chi connectivity index (χ0v) is 15.7. The Labute approximate surface area is 141 Å². The Morgan fingerprint density at radius 1 is 1.36 bits per heavy atom. The first kappa shape index (κ1) is 17.6. The summed E-state index contributed by atoms with van der Waals surface area (Å²) in [6, 6.07) is 4.99. The number of benzene rings is 1. The van der Waals surface area contributed by atoms with Crippen molar-refractivity contribution in [1.29, 1.82) is 0 Å². The van der Waals surface area contributed by atoms with E-state index in [1.807, 2.05) is 0 Å². The summed E-state index contributed by atoms with van der Waals surface area (Å²) in [5.41, 5.74) is 4.17. The van der Waals surface area contributed by atoms with E-state index in [1.54, 1.807) is 0 Å². The van der Waals surface area contributed by atoms with Gasteiger partial charge in [-0.25, -0.2) is 0 Å². The molecule has 3 heteroatoms. The molecule has 2 rings (SSSR count). The molecular formula is C19H31ClN2. The molecule has 0 bridgehead atoms. The van der Waals surface area contributed by atoms with E-state index in [2.05, 4.69) is 63.9 Å². The van der Waals surface area contributed by atoms with Gasteiger partial charge in [0.25, 0.3) is 0 Å². The average Bonchev–Trinajstić information content (AvgIpc) is 2.38. The Hall–Kier alpha value is -0.730. The van der Waals surface area contributed by atoms with Gasteiger partial charge in [0.2, 0.25) is 0 Å². The lowest BCUT2D eigenvalue weighted by Crippen LogP contribution is -2.51. The van der Waals surface area contributed by atoms with Crippen molar-refractivity contribution in [1.82, 2.24) is 5.32 Å². The van der Waals surface area contributed by atoms with Gasteiger partial charge in [-0.05, 0) is 70.2 Å². The Kier molecular flexibility index (Phi) is 5.45. The highest BCUT2D eigenvalue weighted by Crippen LogP contribution is 2.46. The predicted octanol–water partition coefficient (Wildman–Crippen LogP) is 5.34. The van der Waals surface area contributed by atoms with Crippen LogP contribution in [-0.4, -0.2) is 18.1 Å². The number of nitrogens with one attached hydrogen (secondary N) is 1. The van der Waals surface area contributed by atoms with Gasteiger partial charge in [-0.3, -0.25) is 0 Å². The number of halogens is 1. The van der Waals surface area contributed by atoms with Gasteiger partial charge in [-0.15, -0.1) is 0 Å². The largest absolute Gasteiger partial charge is 0.364 e. The van der Waals surface area contributed by atoms with Crippen molar-refractivity contribution in [2.75, 3.05) is 11.4 Å². The summed E-state index contributed by atoms with van der Waals surface area (Å²) >= 11 is 6.58. The second kappa shape index (κ2) is 6.80. The van der Waals surface area contributed by atoms with Crippen LogP contribution in [-0.2, 0) is 6.54 Å². The lowest BCUT2D eigenvalue weighted by molar-refractivity contribution is 0.356. The van der Waals surface area contributed by atoms with Crippen LogP contribution < -0.4 is 10.2 Å². The molecule has 0 aliphatic carbocycles. The Morgan fingerprint density at radius 2 is 2.05 bits per heavy atom. The molecule has 1 aliphatic heterocycles. The molecule has 0 aromatic heterocycles. The van der Waals surface area contributed by atoms with Crippen molar-refractivity contribution in [3.05, 3.63) is 28.3 Å². The quantitative estimate of drug-likeness (QED) is 0.736. The molecule has 1 atom stereocenters. The maximum atomic E-state index is 6.58. The van der Waals surface area contributed by atoms with Crippen LogP contribution in [0.25, 0.3) is 0 Å². The fourth-order valence-corrected chi connectivity index (χ4v) is 4.25. The summed E-state index contributed by atoms with van der Waals surface area (Å²) < 4.78 is 0. The third-order valence-corrected chi connectivity index (χ3v) is 5.05. The molecule has 22 heavy (non-hydrogen) atoms. The van der Waals surface area contributed by atoms with Crippen LogP contribution in [0.15, 0.2) is 12.1 Å². The lowest BCUT2D eigenvalue weighted by atomic mass is 9.79. The average molecular weight is 323 g/mol. The molecular weight excluding hydrogens is 292 g/mol. The van der Waals surface area contributed by atoms with Gasteiger partial charge in [0, 0.05) is 28.8 Å². The summed E-state index contributed by atoms with van der Waals surface area (Å²) in [5, 5.41) is 4.35. The minimum Gasteiger partial charge on any atom is -0.364 e. The Balaban J connectivity index is 2.42.